The van der Waals surface area contributed by atoms with Gasteiger partial charge < -0.3 is 4.90 Å². The lowest BCUT2D eigenvalue weighted by Crippen LogP contribution is -2.54. The highest BCUT2D eigenvalue weighted by Crippen LogP contribution is 2.16. The van der Waals surface area contributed by atoms with Crippen molar-refractivity contribution in [1.29, 1.82) is 5.26 Å². The zero-order chi connectivity index (χ0) is 15.6. The second kappa shape index (κ2) is 10.2. The summed E-state index contributed by atoms with van der Waals surface area (Å²) in [7, 11) is 0. The van der Waals surface area contributed by atoms with Gasteiger partial charge in [-0.15, -0.1) is 0 Å². The summed E-state index contributed by atoms with van der Waals surface area (Å²) in [6.45, 7) is 11.9. The van der Waals surface area contributed by atoms with Crippen LogP contribution in [-0.4, -0.2) is 48.1 Å². The summed E-state index contributed by atoms with van der Waals surface area (Å²) in [6, 6.07) is 2.41. The molecule has 21 heavy (non-hydrogen) atoms. The maximum absolute atomic E-state index is 9.18. The Balaban J connectivity index is 2.00. The van der Waals surface area contributed by atoms with E-state index in [1.54, 1.807) is 0 Å². The van der Waals surface area contributed by atoms with Crippen molar-refractivity contribution >= 4 is 0 Å². The smallest absolute Gasteiger partial charge is 0.103 e. The molecule has 3 heteroatoms. The monoisotopic (exact) mass is 293 g/mol. The number of nitriles is 1. The molecule has 0 amide bonds. The second-order valence-corrected chi connectivity index (χ2v) is 6.97. The molecule has 3 nitrogen and oxygen atoms in total. The number of rotatable bonds is 10. The van der Waals surface area contributed by atoms with Gasteiger partial charge in [-0.25, -0.2) is 0 Å². The van der Waals surface area contributed by atoms with E-state index in [9.17, 15) is 5.26 Å². The topological polar surface area (TPSA) is 30.3 Å². The Morgan fingerprint density at radius 2 is 1.38 bits per heavy atom. The van der Waals surface area contributed by atoms with Crippen LogP contribution in [0.2, 0.25) is 0 Å². The Hall–Kier alpha value is -0.590. The van der Waals surface area contributed by atoms with E-state index in [-0.39, 0.29) is 5.54 Å². The van der Waals surface area contributed by atoms with Crippen LogP contribution >= 0.6 is 0 Å². The summed E-state index contributed by atoms with van der Waals surface area (Å²) >= 11 is 0. The lowest BCUT2D eigenvalue weighted by molar-refractivity contribution is 0.0792. The Morgan fingerprint density at radius 1 is 0.857 bits per heavy atom. The molecule has 0 unspecified atom stereocenters. The number of nitrogens with zero attached hydrogens (tertiary/aromatic N) is 3. The van der Waals surface area contributed by atoms with E-state index in [0.717, 1.165) is 26.2 Å². The van der Waals surface area contributed by atoms with E-state index in [1.165, 1.54) is 57.9 Å². The first-order valence-electron chi connectivity index (χ1n) is 8.99. The highest BCUT2D eigenvalue weighted by atomic mass is 15.3. The van der Waals surface area contributed by atoms with Gasteiger partial charge in [-0.1, -0.05) is 51.9 Å². The van der Waals surface area contributed by atoms with Gasteiger partial charge in [0.05, 0.1) is 6.07 Å². The molecule has 1 aliphatic rings. The molecule has 1 aliphatic heterocycles. The van der Waals surface area contributed by atoms with Crippen LogP contribution in [0.5, 0.6) is 0 Å². The van der Waals surface area contributed by atoms with Gasteiger partial charge >= 0.3 is 0 Å². The molecular formula is C18H35N3. The third-order valence-corrected chi connectivity index (χ3v) is 4.76. The number of piperazine rings is 1. The first-order chi connectivity index (χ1) is 10.1. The molecule has 0 spiro atoms. The van der Waals surface area contributed by atoms with Crippen LogP contribution in [0.1, 0.15) is 72.1 Å². The first-order valence-corrected chi connectivity index (χ1v) is 8.99. The van der Waals surface area contributed by atoms with Gasteiger partial charge in [0.25, 0.3) is 0 Å². The van der Waals surface area contributed by atoms with Crippen LogP contribution in [-0.2, 0) is 0 Å². The molecular weight excluding hydrogens is 258 g/mol. The first kappa shape index (κ1) is 18.5. The number of hydrogen-bond acceptors (Lipinski definition) is 3. The van der Waals surface area contributed by atoms with Crippen molar-refractivity contribution < 1.29 is 0 Å². The zero-order valence-electron chi connectivity index (χ0n) is 14.5. The van der Waals surface area contributed by atoms with Crippen LogP contribution in [0.25, 0.3) is 0 Å². The lowest BCUT2D eigenvalue weighted by Gasteiger charge is -2.40. The van der Waals surface area contributed by atoms with Crippen molar-refractivity contribution in [3.63, 3.8) is 0 Å². The Labute approximate surface area is 132 Å². The molecule has 0 N–H and O–H groups in total. The molecule has 122 valence electrons. The van der Waals surface area contributed by atoms with Gasteiger partial charge in [0.2, 0.25) is 0 Å². The highest BCUT2D eigenvalue weighted by Gasteiger charge is 2.29. The maximum atomic E-state index is 9.18. The van der Waals surface area contributed by atoms with Crippen LogP contribution in [0.3, 0.4) is 0 Å². The third kappa shape index (κ3) is 7.29. The van der Waals surface area contributed by atoms with E-state index in [0.29, 0.717) is 0 Å². The van der Waals surface area contributed by atoms with E-state index in [4.69, 9.17) is 0 Å². The minimum Gasteiger partial charge on any atom is -0.301 e. The minimum absolute atomic E-state index is 0.301. The van der Waals surface area contributed by atoms with Gasteiger partial charge in [-0.05, 0) is 26.8 Å². The predicted octanol–water partition coefficient (Wildman–Crippen LogP) is 4.05. The Morgan fingerprint density at radius 3 is 1.90 bits per heavy atom. The lowest BCUT2D eigenvalue weighted by atomic mass is 10.0. The summed E-state index contributed by atoms with van der Waals surface area (Å²) in [4.78, 5) is 4.89. The average molecular weight is 293 g/mol. The molecule has 1 saturated heterocycles. The fourth-order valence-corrected chi connectivity index (χ4v) is 3.07. The van der Waals surface area contributed by atoms with Crippen LogP contribution < -0.4 is 0 Å². The molecule has 0 aromatic rings. The van der Waals surface area contributed by atoms with Crippen LogP contribution in [0, 0.1) is 11.3 Å². The molecule has 1 heterocycles. The maximum Gasteiger partial charge on any atom is 0.103 e. The number of unbranched alkanes of at least 4 members (excludes halogenated alkanes) is 7. The summed E-state index contributed by atoms with van der Waals surface area (Å²) in [6.07, 6.45) is 11.2. The van der Waals surface area contributed by atoms with Gasteiger partial charge in [0.15, 0.2) is 0 Å². The molecule has 0 aromatic heterocycles. The standard InChI is InChI=1S/C18H35N3/c1-4-5-6-7-8-9-10-11-12-20-13-15-21(16-14-20)18(2,3)17-19/h4-16H2,1-3H3. The summed E-state index contributed by atoms with van der Waals surface area (Å²) < 4.78 is 0. The van der Waals surface area contributed by atoms with E-state index in [1.807, 2.05) is 13.8 Å². The third-order valence-electron chi connectivity index (χ3n) is 4.76. The molecule has 0 aliphatic carbocycles. The van der Waals surface area contributed by atoms with Crippen molar-refractivity contribution in [3.05, 3.63) is 0 Å². The fraction of sp³-hybridized carbons (Fsp3) is 0.944. The van der Waals surface area contributed by atoms with Crippen molar-refractivity contribution in [2.75, 3.05) is 32.7 Å². The average Bonchev–Trinajstić information content (AvgIpc) is 2.50. The molecule has 0 radical (unpaired) electrons. The fourth-order valence-electron chi connectivity index (χ4n) is 3.07. The summed E-state index contributed by atoms with van der Waals surface area (Å²) in [5.74, 6) is 0. The van der Waals surface area contributed by atoms with Crippen molar-refractivity contribution in [2.45, 2.75) is 77.7 Å². The Bertz CT molecular complexity index is 298. The van der Waals surface area contributed by atoms with Crippen LogP contribution in [0.15, 0.2) is 0 Å². The Kier molecular flexibility index (Phi) is 8.96. The van der Waals surface area contributed by atoms with Crippen LogP contribution in [0.4, 0.5) is 0 Å². The molecule has 0 aromatic carbocycles. The molecule has 1 fully saturated rings. The molecule has 0 atom stereocenters. The number of hydrogen-bond donors (Lipinski definition) is 0. The largest absolute Gasteiger partial charge is 0.301 e. The van der Waals surface area contributed by atoms with Gasteiger partial charge in [0.1, 0.15) is 5.54 Å². The molecule has 0 saturated carbocycles. The summed E-state index contributed by atoms with van der Waals surface area (Å²) in [5.41, 5.74) is -0.301. The highest BCUT2D eigenvalue weighted by molar-refractivity contribution is 5.02. The quantitative estimate of drug-likeness (QED) is 0.569. The van der Waals surface area contributed by atoms with Crippen molar-refractivity contribution in [2.24, 2.45) is 0 Å². The van der Waals surface area contributed by atoms with E-state index >= 15 is 0 Å². The van der Waals surface area contributed by atoms with Gasteiger partial charge in [-0.3, -0.25) is 4.90 Å². The van der Waals surface area contributed by atoms with Gasteiger partial charge in [0, 0.05) is 26.2 Å². The molecule has 0 bridgehead atoms. The molecule has 1 rings (SSSR count). The predicted molar refractivity (Wildman–Crippen MR) is 90.3 cm³/mol. The van der Waals surface area contributed by atoms with Gasteiger partial charge in [-0.2, -0.15) is 5.26 Å². The zero-order valence-corrected chi connectivity index (χ0v) is 14.5. The van der Waals surface area contributed by atoms with Crippen molar-refractivity contribution in [1.82, 2.24) is 9.80 Å². The normalized spacial score (nSPS) is 17.8. The second-order valence-electron chi connectivity index (χ2n) is 6.97. The minimum atomic E-state index is -0.301. The van der Waals surface area contributed by atoms with E-state index in [2.05, 4.69) is 22.8 Å². The summed E-state index contributed by atoms with van der Waals surface area (Å²) in [5, 5.41) is 9.18. The SMILES string of the molecule is CCCCCCCCCCN1CCN(C(C)(C)C#N)CC1. The van der Waals surface area contributed by atoms with E-state index < -0.39 is 0 Å². The van der Waals surface area contributed by atoms with Crippen molar-refractivity contribution in [3.8, 4) is 6.07 Å².